The first-order valence-corrected chi connectivity index (χ1v) is 33.2. The molecule has 0 aromatic carbocycles. The van der Waals surface area contributed by atoms with E-state index in [1.54, 1.807) is 0 Å². The summed E-state index contributed by atoms with van der Waals surface area (Å²) in [5.74, 6) is 1.51. The monoisotopic (exact) mass is 1150 g/mol. The lowest BCUT2D eigenvalue weighted by atomic mass is 9.95. The number of ether oxygens (including phenoxy) is 2. The second-order valence-electron chi connectivity index (χ2n) is 21.9. The van der Waals surface area contributed by atoms with Gasteiger partial charge in [-0.15, -0.1) is 0 Å². The third-order valence-electron chi connectivity index (χ3n) is 14.3. The van der Waals surface area contributed by atoms with Crippen molar-refractivity contribution in [1.82, 2.24) is 9.80 Å². The fourth-order valence-corrected chi connectivity index (χ4v) is 10.3. The minimum absolute atomic E-state index is 0.0416. The van der Waals surface area contributed by atoms with E-state index in [9.17, 15) is 19.2 Å². The molecule has 0 bridgehead atoms. The molecule has 0 radical (unpaired) electrons. The molecule has 0 aromatic heterocycles. The van der Waals surface area contributed by atoms with Crippen LogP contribution in [0.4, 0.5) is 0 Å². The standard InChI is InChI=1S/2C31H60BrNO3/c2*1-5-7-9-11-12-16-22-29(21-15-10-8-6-2)27-36-31(35)24-18-14-20-26-33(28(3)4)30(34)23-17-13-19-25-32/h2*28-29H,5-27H2,1-4H3. The minimum atomic E-state index is -0.0416. The summed E-state index contributed by atoms with van der Waals surface area (Å²) < 4.78 is 11.4. The number of esters is 2. The molecule has 10 heteroatoms. The normalized spacial score (nSPS) is 12.2. The van der Waals surface area contributed by atoms with E-state index < -0.39 is 0 Å². The van der Waals surface area contributed by atoms with Crippen molar-refractivity contribution in [3.05, 3.63) is 0 Å². The summed E-state index contributed by atoms with van der Waals surface area (Å²) >= 11 is 6.90. The van der Waals surface area contributed by atoms with Gasteiger partial charge >= 0.3 is 11.9 Å². The van der Waals surface area contributed by atoms with E-state index in [-0.39, 0.29) is 35.8 Å². The van der Waals surface area contributed by atoms with Gasteiger partial charge in [0.25, 0.3) is 0 Å². The number of carbonyl (C=O) groups excluding carboxylic acids is 4. The van der Waals surface area contributed by atoms with Gasteiger partial charge in [-0.1, -0.05) is 214 Å². The second kappa shape index (κ2) is 56.1. The van der Waals surface area contributed by atoms with Crippen molar-refractivity contribution in [2.45, 2.75) is 324 Å². The first-order valence-electron chi connectivity index (χ1n) is 30.9. The van der Waals surface area contributed by atoms with Crippen LogP contribution in [0.15, 0.2) is 0 Å². The molecule has 0 heterocycles. The van der Waals surface area contributed by atoms with Crippen molar-refractivity contribution in [2.75, 3.05) is 37.0 Å². The van der Waals surface area contributed by atoms with Crippen LogP contribution < -0.4 is 0 Å². The second-order valence-corrected chi connectivity index (χ2v) is 23.5. The fourth-order valence-electron chi connectivity index (χ4n) is 9.51. The summed E-state index contributed by atoms with van der Waals surface area (Å²) in [5, 5.41) is 2.02. The molecule has 428 valence electrons. The molecule has 8 nitrogen and oxygen atoms in total. The summed E-state index contributed by atoms with van der Waals surface area (Å²) in [7, 11) is 0. The zero-order valence-electron chi connectivity index (χ0n) is 48.9. The van der Waals surface area contributed by atoms with Crippen molar-refractivity contribution in [1.29, 1.82) is 0 Å². The Kier molecular flexibility index (Phi) is 56.8. The topological polar surface area (TPSA) is 93.2 Å². The van der Waals surface area contributed by atoms with Crippen LogP contribution in [0.5, 0.6) is 0 Å². The summed E-state index contributed by atoms with van der Waals surface area (Å²) in [6.45, 7) is 20.2. The van der Waals surface area contributed by atoms with Crippen LogP contribution in [0.1, 0.15) is 312 Å². The lowest BCUT2D eigenvalue weighted by Crippen LogP contribution is -2.37. The van der Waals surface area contributed by atoms with Crippen LogP contribution >= 0.6 is 31.9 Å². The Hall–Kier alpha value is -1.16. The Balaban J connectivity index is 0. The maximum atomic E-state index is 12.6. The van der Waals surface area contributed by atoms with Gasteiger partial charge in [0.15, 0.2) is 0 Å². The lowest BCUT2D eigenvalue weighted by molar-refractivity contribution is -0.146. The fraction of sp³-hybridized carbons (Fsp3) is 0.935. The average Bonchev–Trinajstić information content (AvgIpc) is 3.36. The quantitative estimate of drug-likeness (QED) is 0.0342. The molecule has 0 N–H and O–H groups in total. The molecule has 72 heavy (non-hydrogen) atoms. The van der Waals surface area contributed by atoms with E-state index in [2.05, 4.69) is 87.2 Å². The van der Waals surface area contributed by atoms with E-state index in [4.69, 9.17) is 9.47 Å². The van der Waals surface area contributed by atoms with Crippen LogP contribution in [0, 0.1) is 11.8 Å². The van der Waals surface area contributed by atoms with Gasteiger partial charge in [0.1, 0.15) is 0 Å². The van der Waals surface area contributed by atoms with E-state index >= 15 is 0 Å². The summed E-state index contributed by atoms with van der Waals surface area (Å²) in [5.41, 5.74) is 0. The SMILES string of the molecule is CCCCCCCCC(CCCCCC)COC(=O)CCCCCN(C(=O)CCCCCBr)C(C)C.CCCCCCCCC(CCCCCC)COC(=O)CCCCCN(C(=O)CCCCCBr)C(C)C. The van der Waals surface area contributed by atoms with Gasteiger partial charge in [0.2, 0.25) is 11.8 Å². The number of nitrogens with zero attached hydrogens (tertiary/aromatic N) is 2. The van der Waals surface area contributed by atoms with Gasteiger partial charge in [0.05, 0.1) is 13.2 Å². The zero-order valence-corrected chi connectivity index (χ0v) is 52.1. The summed E-state index contributed by atoms with van der Waals surface area (Å²) in [6, 6.07) is 0.471. The Bertz CT molecular complexity index is 1110. The van der Waals surface area contributed by atoms with Crippen molar-refractivity contribution in [3.8, 4) is 0 Å². The van der Waals surface area contributed by atoms with Gasteiger partial charge in [-0.3, -0.25) is 19.2 Å². The van der Waals surface area contributed by atoms with E-state index in [1.807, 2.05) is 9.80 Å². The number of halogens is 2. The molecular weight excluding hydrogens is 1030 g/mol. The van der Waals surface area contributed by atoms with Crippen LogP contribution in [0.2, 0.25) is 0 Å². The molecule has 2 unspecified atom stereocenters. The van der Waals surface area contributed by atoms with Crippen molar-refractivity contribution < 1.29 is 28.7 Å². The van der Waals surface area contributed by atoms with Gasteiger partial charge in [-0.2, -0.15) is 0 Å². The van der Waals surface area contributed by atoms with Crippen LogP contribution in [-0.2, 0) is 28.7 Å². The van der Waals surface area contributed by atoms with E-state index in [1.165, 1.54) is 154 Å². The third kappa shape index (κ3) is 48.5. The van der Waals surface area contributed by atoms with Gasteiger partial charge in [0, 0.05) is 61.5 Å². The first kappa shape index (κ1) is 72.9. The molecule has 0 saturated carbocycles. The lowest BCUT2D eigenvalue weighted by Gasteiger charge is -2.27. The number of hydrogen-bond acceptors (Lipinski definition) is 6. The average molecular weight is 1150 g/mol. The van der Waals surface area contributed by atoms with Gasteiger partial charge < -0.3 is 19.3 Å². The number of rotatable bonds is 52. The summed E-state index contributed by atoms with van der Waals surface area (Å²) in [6.07, 6.45) is 45.1. The molecule has 0 aliphatic rings. The molecule has 2 atom stereocenters. The molecule has 2 amide bonds. The highest BCUT2D eigenvalue weighted by molar-refractivity contribution is 9.09. The maximum absolute atomic E-state index is 12.6. The Morgan fingerprint density at radius 2 is 0.611 bits per heavy atom. The van der Waals surface area contributed by atoms with E-state index in [0.717, 1.165) is 101 Å². The molecule has 0 rings (SSSR count). The number of unbranched alkanes of at least 4 members (excludes halogenated alkanes) is 24. The maximum Gasteiger partial charge on any atom is 0.305 e. The van der Waals surface area contributed by atoms with Crippen molar-refractivity contribution >= 4 is 55.6 Å². The number of carbonyl (C=O) groups is 4. The van der Waals surface area contributed by atoms with Crippen molar-refractivity contribution in [2.24, 2.45) is 11.8 Å². The number of hydrogen-bond donors (Lipinski definition) is 0. The van der Waals surface area contributed by atoms with Crippen LogP contribution in [0.25, 0.3) is 0 Å². The molecule has 0 aliphatic heterocycles. The highest BCUT2D eigenvalue weighted by Gasteiger charge is 2.19. The third-order valence-corrected chi connectivity index (χ3v) is 15.4. The molecule has 0 aromatic rings. The highest BCUT2D eigenvalue weighted by Crippen LogP contribution is 2.22. The largest absolute Gasteiger partial charge is 0.465 e. The summed E-state index contributed by atoms with van der Waals surface area (Å²) in [4.78, 5) is 53.9. The first-order chi connectivity index (χ1) is 34.9. The Morgan fingerprint density at radius 1 is 0.347 bits per heavy atom. The predicted octanol–water partition coefficient (Wildman–Crippen LogP) is 19.2. The van der Waals surface area contributed by atoms with Gasteiger partial charge in [-0.25, -0.2) is 0 Å². The molecule has 0 saturated heterocycles. The molecule has 0 aliphatic carbocycles. The highest BCUT2D eigenvalue weighted by atomic mass is 79.9. The van der Waals surface area contributed by atoms with Crippen LogP contribution in [0.3, 0.4) is 0 Å². The van der Waals surface area contributed by atoms with Crippen LogP contribution in [-0.4, -0.2) is 82.6 Å². The van der Waals surface area contributed by atoms with Crippen molar-refractivity contribution in [3.63, 3.8) is 0 Å². The Morgan fingerprint density at radius 3 is 0.917 bits per heavy atom. The van der Waals surface area contributed by atoms with E-state index in [0.29, 0.717) is 50.7 Å². The predicted molar refractivity (Wildman–Crippen MR) is 318 cm³/mol. The molecule has 0 spiro atoms. The minimum Gasteiger partial charge on any atom is -0.465 e. The smallest absolute Gasteiger partial charge is 0.305 e. The molecular formula is C62H120Br2N2O6. The zero-order chi connectivity index (χ0) is 53.7. The number of amides is 2. The number of alkyl halides is 2. The Labute approximate surface area is 464 Å². The van der Waals surface area contributed by atoms with Gasteiger partial charge in [-0.05, 0) is 117 Å². The molecule has 0 fully saturated rings.